The number of hydrogen-bond acceptors (Lipinski definition) is 2. The van der Waals surface area contributed by atoms with Crippen LogP contribution in [-0.2, 0) is 17.8 Å². The van der Waals surface area contributed by atoms with Gasteiger partial charge in [-0.1, -0.05) is 38.0 Å². The molecule has 1 aromatic carbocycles. The van der Waals surface area contributed by atoms with Gasteiger partial charge in [0.25, 0.3) is 0 Å². The molecule has 1 unspecified atom stereocenters. The van der Waals surface area contributed by atoms with Crippen molar-refractivity contribution in [3.63, 3.8) is 0 Å². The third kappa shape index (κ3) is 4.77. The Bertz CT molecular complexity index is 689. The molecule has 3 rings (SSSR count). The fourth-order valence-electron chi connectivity index (χ4n) is 3.61. The Hall–Kier alpha value is -1.52. The molecule has 2 aromatic rings. The molecule has 2 heterocycles. The highest BCUT2D eigenvalue weighted by molar-refractivity contribution is 5.86. The van der Waals surface area contributed by atoms with Crippen LogP contribution >= 0.6 is 12.4 Å². The van der Waals surface area contributed by atoms with Crippen molar-refractivity contribution in [2.45, 2.75) is 58.0 Å². The standard InChI is InChI=1S/C20H29N3O.ClH/c1-2-17(21)13-16-14-23(19-10-6-5-9-18(16)19)15-20(24)22-11-7-3-4-8-12-22;/h5-6,9-10,14,17H,2-4,7-8,11-13,15,21H2,1H3;1H. The molecule has 1 fully saturated rings. The Morgan fingerprint density at radius 2 is 1.84 bits per heavy atom. The van der Waals surface area contributed by atoms with E-state index in [2.05, 4.69) is 35.9 Å². The quantitative estimate of drug-likeness (QED) is 0.879. The van der Waals surface area contributed by atoms with Gasteiger partial charge in [-0.05, 0) is 37.3 Å². The normalized spacial score (nSPS) is 16.3. The van der Waals surface area contributed by atoms with Gasteiger partial charge in [0.15, 0.2) is 0 Å². The molecule has 138 valence electrons. The van der Waals surface area contributed by atoms with Crippen molar-refractivity contribution in [1.29, 1.82) is 0 Å². The Kier molecular flexibility index (Phi) is 7.33. The Morgan fingerprint density at radius 3 is 2.52 bits per heavy atom. The van der Waals surface area contributed by atoms with Crippen molar-refractivity contribution in [3.8, 4) is 0 Å². The van der Waals surface area contributed by atoms with Gasteiger partial charge in [-0.2, -0.15) is 0 Å². The largest absolute Gasteiger partial charge is 0.341 e. The molecule has 0 aliphatic carbocycles. The van der Waals surface area contributed by atoms with E-state index in [4.69, 9.17) is 5.73 Å². The number of halogens is 1. The molecule has 4 nitrogen and oxygen atoms in total. The van der Waals surface area contributed by atoms with Gasteiger partial charge in [0.1, 0.15) is 6.54 Å². The smallest absolute Gasteiger partial charge is 0.242 e. The van der Waals surface area contributed by atoms with Crippen LogP contribution in [0.4, 0.5) is 0 Å². The van der Waals surface area contributed by atoms with Crippen LogP contribution in [0.25, 0.3) is 10.9 Å². The minimum atomic E-state index is 0. The van der Waals surface area contributed by atoms with E-state index >= 15 is 0 Å². The Balaban J connectivity index is 0.00000225. The number of nitrogens with zero attached hydrogens (tertiary/aromatic N) is 2. The summed E-state index contributed by atoms with van der Waals surface area (Å²) in [5.74, 6) is 0.240. The maximum atomic E-state index is 12.7. The van der Waals surface area contributed by atoms with Gasteiger partial charge in [0, 0.05) is 36.2 Å². The number of amides is 1. The summed E-state index contributed by atoms with van der Waals surface area (Å²) in [6.07, 6.45) is 8.72. The SMILES string of the molecule is CCC(N)Cc1cn(CC(=O)N2CCCCCC2)c2ccccc12.Cl. The summed E-state index contributed by atoms with van der Waals surface area (Å²) < 4.78 is 2.11. The number of fused-ring (bicyclic) bond motifs is 1. The van der Waals surface area contributed by atoms with Crippen LogP contribution in [-0.4, -0.2) is 34.5 Å². The van der Waals surface area contributed by atoms with Crippen LogP contribution in [0.15, 0.2) is 30.5 Å². The second-order valence-electron chi connectivity index (χ2n) is 6.97. The first kappa shape index (κ1) is 19.8. The highest BCUT2D eigenvalue weighted by atomic mass is 35.5. The molecule has 1 amide bonds. The predicted octanol–water partition coefficient (Wildman–Crippen LogP) is 3.75. The first-order chi connectivity index (χ1) is 11.7. The lowest BCUT2D eigenvalue weighted by atomic mass is 10.0. The summed E-state index contributed by atoms with van der Waals surface area (Å²) in [7, 11) is 0. The third-order valence-corrected chi connectivity index (χ3v) is 5.14. The summed E-state index contributed by atoms with van der Waals surface area (Å²) in [5.41, 5.74) is 8.55. The molecule has 1 atom stereocenters. The van der Waals surface area contributed by atoms with Gasteiger partial charge in [0.05, 0.1) is 0 Å². The molecule has 1 saturated heterocycles. The zero-order valence-electron chi connectivity index (χ0n) is 15.1. The van der Waals surface area contributed by atoms with E-state index in [9.17, 15) is 4.79 Å². The lowest BCUT2D eigenvalue weighted by molar-refractivity contribution is -0.131. The van der Waals surface area contributed by atoms with Crippen LogP contribution in [0.3, 0.4) is 0 Å². The van der Waals surface area contributed by atoms with Crippen molar-refractivity contribution in [2.24, 2.45) is 5.73 Å². The van der Waals surface area contributed by atoms with E-state index in [1.54, 1.807) is 0 Å². The number of benzene rings is 1. The van der Waals surface area contributed by atoms with Crippen molar-refractivity contribution < 1.29 is 4.79 Å². The molecular formula is C20H30ClN3O. The van der Waals surface area contributed by atoms with Crippen molar-refractivity contribution in [1.82, 2.24) is 9.47 Å². The molecular weight excluding hydrogens is 334 g/mol. The number of para-hydroxylation sites is 1. The maximum absolute atomic E-state index is 12.7. The fourth-order valence-corrected chi connectivity index (χ4v) is 3.61. The second-order valence-corrected chi connectivity index (χ2v) is 6.97. The minimum absolute atomic E-state index is 0. The zero-order chi connectivity index (χ0) is 16.9. The van der Waals surface area contributed by atoms with Crippen LogP contribution in [0.2, 0.25) is 0 Å². The topological polar surface area (TPSA) is 51.3 Å². The molecule has 0 saturated carbocycles. The molecule has 1 aliphatic rings. The van der Waals surface area contributed by atoms with Crippen molar-refractivity contribution >= 4 is 29.2 Å². The van der Waals surface area contributed by atoms with E-state index in [0.29, 0.717) is 6.54 Å². The minimum Gasteiger partial charge on any atom is -0.341 e. The molecule has 0 radical (unpaired) electrons. The van der Waals surface area contributed by atoms with Crippen LogP contribution < -0.4 is 5.73 Å². The first-order valence-corrected chi connectivity index (χ1v) is 9.29. The van der Waals surface area contributed by atoms with Gasteiger partial charge in [0.2, 0.25) is 5.91 Å². The lowest BCUT2D eigenvalue weighted by Gasteiger charge is -2.20. The number of carbonyl (C=O) groups is 1. The molecule has 5 heteroatoms. The number of aromatic nitrogens is 1. The van der Waals surface area contributed by atoms with E-state index in [0.717, 1.165) is 44.3 Å². The monoisotopic (exact) mass is 363 g/mol. The van der Waals surface area contributed by atoms with E-state index < -0.39 is 0 Å². The van der Waals surface area contributed by atoms with Crippen molar-refractivity contribution in [2.75, 3.05) is 13.1 Å². The van der Waals surface area contributed by atoms with E-state index in [-0.39, 0.29) is 24.4 Å². The zero-order valence-corrected chi connectivity index (χ0v) is 15.9. The average molecular weight is 364 g/mol. The number of nitrogens with two attached hydrogens (primary N) is 1. The summed E-state index contributed by atoms with van der Waals surface area (Å²) >= 11 is 0. The predicted molar refractivity (Wildman–Crippen MR) is 106 cm³/mol. The van der Waals surface area contributed by atoms with Gasteiger partial charge in [-0.3, -0.25) is 4.79 Å². The Morgan fingerprint density at radius 1 is 1.16 bits per heavy atom. The summed E-state index contributed by atoms with van der Waals surface area (Å²) in [5, 5.41) is 1.23. The van der Waals surface area contributed by atoms with Gasteiger partial charge in [-0.15, -0.1) is 12.4 Å². The lowest BCUT2D eigenvalue weighted by Crippen LogP contribution is -2.34. The van der Waals surface area contributed by atoms with Crippen LogP contribution in [0, 0.1) is 0 Å². The summed E-state index contributed by atoms with van der Waals surface area (Å²) in [6.45, 7) is 4.37. The van der Waals surface area contributed by atoms with Gasteiger partial charge < -0.3 is 15.2 Å². The van der Waals surface area contributed by atoms with Crippen LogP contribution in [0.1, 0.15) is 44.6 Å². The average Bonchev–Trinajstić information content (AvgIpc) is 2.79. The number of hydrogen-bond donors (Lipinski definition) is 1. The number of carbonyl (C=O) groups excluding carboxylic acids is 1. The van der Waals surface area contributed by atoms with E-state index in [1.165, 1.54) is 23.8 Å². The molecule has 25 heavy (non-hydrogen) atoms. The van der Waals surface area contributed by atoms with Crippen LogP contribution in [0.5, 0.6) is 0 Å². The van der Waals surface area contributed by atoms with Crippen molar-refractivity contribution in [3.05, 3.63) is 36.0 Å². The summed E-state index contributed by atoms with van der Waals surface area (Å²) in [6, 6.07) is 8.51. The van der Waals surface area contributed by atoms with Gasteiger partial charge in [-0.25, -0.2) is 0 Å². The molecule has 2 N–H and O–H groups in total. The molecule has 1 aromatic heterocycles. The maximum Gasteiger partial charge on any atom is 0.242 e. The summed E-state index contributed by atoms with van der Waals surface area (Å²) in [4.78, 5) is 14.8. The number of likely N-dealkylation sites (tertiary alicyclic amines) is 1. The first-order valence-electron chi connectivity index (χ1n) is 9.29. The fraction of sp³-hybridized carbons (Fsp3) is 0.550. The molecule has 0 bridgehead atoms. The molecule has 1 aliphatic heterocycles. The third-order valence-electron chi connectivity index (χ3n) is 5.14. The second kappa shape index (κ2) is 9.25. The highest BCUT2D eigenvalue weighted by Crippen LogP contribution is 2.23. The molecule has 0 spiro atoms. The number of rotatable bonds is 5. The highest BCUT2D eigenvalue weighted by Gasteiger charge is 2.18. The van der Waals surface area contributed by atoms with Gasteiger partial charge >= 0.3 is 0 Å². The van der Waals surface area contributed by atoms with E-state index in [1.807, 2.05) is 11.0 Å². The Labute approximate surface area is 156 Å².